The van der Waals surface area contributed by atoms with E-state index < -0.39 is 12.1 Å². The molecule has 1 aliphatic rings. The predicted octanol–water partition coefficient (Wildman–Crippen LogP) is 0.952. The minimum absolute atomic E-state index is 0.129. The molecule has 2 atom stereocenters. The van der Waals surface area contributed by atoms with Crippen LogP contribution in [0.2, 0.25) is 0 Å². The fraction of sp³-hybridized carbons (Fsp3) is 0.467. The summed E-state index contributed by atoms with van der Waals surface area (Å²) in [6.07, 6.45) is -0.00269. The molecule has 2 unspecified atom stereocenters. The third-order valence-corrected chi connectivity index (χ3v) is 3.62. The van der Waals surface area contributed by atoms with Gasteiger partial charge in [0.2, 0.25) is 11.8 Å². The van der Waals surface area contributed by atoms with Crippen molar-refractivity contribution in [3.8, 4) is 5.75 Å². The van der Waals surface area contributed by atoms with E-state index in [4.69, 9.17) is 9.47 Å². The van der Waals surface area contributed by atoms with Crippen LogP contribution in [0.1, 0.15) is 13.3 Å². The predicted molar refractivity (Wildman–Crippen MR) is 78.4 cm³/mol. The molecule has 1 fully saturated rings. The zero-order chi connectivity index (χ0) is 15.4. The lowest BCUT2D eigenvalue weighted by atomic mass is 10.2. The molecule has 1 aliphatic heterocycles. The molecule has 0 aromatic heterocycles. The molecule has 114 valence electrons. The molecule has 1 heterocycles. The largest absolute Gasteiger partial charge is 0.495 e. The smallest absolute Gasteiger partial charge is 0.249 e. The highest BCUT2D eigenvalue weighted by molar-refractivity contribution is 6.02. The molecule has 1 aromatic rings. The average molecular weight is 292 g/mol. The number of nitrogens with zero attached hydrogens (tertiary/aromatic N) is 1. The Bertz CT molecular complexity index is 532. The van der Waals surface area contributed by atoms with Gasteiger partial charge in [0.1, 0.15) is 17.9 Å². The van der Waals surface area contributed by atoms with Gasteiger partial charge in [0, 0.05) is 13.7 Å². The molecular formula is C15H20N2O4. The van der Waals surface area contributed by atoms with Gasteiger partial charge in [-0.25, -0.2) is 0 Å². The fourth-order valence-electron chi connectivity index (χ4n) is 2.30. The van der Waals surface area contributed by atoms with Crippen molar-refractivity contribution < 1.29 is 19.1 Å². The first kappa shape index (κ1) is 15.3. The second kappa shape index (κ2) is 6.58. The minimum Gasteiger partial charge on any atom is -0.495 e. The third kappa shape index (κ3) is 3.16. The summed E-state index contributed by atoms with van der Waals surface area (Å²) in [5, 5.41) is 2.72. The number of anilines is 1. The standard InChI is InChI=1S/C15H20N2O4/c1-10(20-2)14(18)16-11-8-9-17(15(11)19)12-6-4-5-7-13(12)21-3/h4-7,10-11H,8-9H2,1-3H3,(H,16,18). The normalized spacial score (nSPS) is 19.5. The summed E-state index contributed by atoms with van der Waals surface area (Å²) >= 11 is 0. The quantitative estimate of drug-likeness (QED) is 0.877. The van der Waals surface area contributed by atoms with Crippen LogP contribution in [0.25, 0.3) is 0 Å². The van der Waals surface area contributed by atoms with E-state index in [2.05, 4.69) is 5.32 Å². The van der Waals surface area contributed by atoms with Gasteiger partial charge in [0.05, 0.1) is 12.8 Å². The topological polar surface area (TPSA) is 67.9 Å². The second-order valence-electron chi connectivity index (χ2n) is 4.89. The van der Waals surface area contributed by atoms with E-state index in [0.29, 0.717) is 18.7 Å². The van der Waals surface area contributed by atoms with Gasteiger partial charge < -0.3 is 19.7 Å². The number of carbonyl (C=O) groups excluding carboxylic acids is 2. The molecular weight excluding hydrogens is 272 g/mol. The van der Waals surface area contributed by atoms with Gasteiger partial charge in [-0.3, -0.25) is 9.59 Å². The highest BCUT2D eigenvalue weighted by atomic mass is 16.5. The van der Waals surface area contributed by atoms with Crippen LogP contribution in [0.4, 0.5) is 5.69 Å². The number of carbonyl (C=O) groups is 2. The number of benzene rings is 1. The highest BCUT2D eigenvalue weighted by Gasteiger charge is 2.35. The maximum Gasteiger partial charge on any atom is 0.249 e. The number of rotatable bonds is 5. The molecule has 0 bridgehead atoms. The van der Waals surface area contributed by atoms with Crippen LogP contribution in [-0.2, 0) is 14.3 Å². The monoisotopic (exact) mass is 292 g/mol. The highest BCUT2D eigenvalue weighted by Crippen LogP contribution is 2.30. The molecule has 1 aromatic carbocycles. The van der Waals surface area contributed by atoms with E-state index >= 15 is 0 Å². The number of ether oxygens (including phenoxy) is 2. The lowest BCUT2D eigenvalue weighted by molar-refractivity contribution is -0.133. The van der Waals surface area contributed by atoms with Gasteiger partial charge in [0.15, 0.2) is 0 Å². The summed E-state index contributed by atoms with van der Waals surface area (Å²) in [5.74, 6) is 0.233. The molecule has 1 saturated heterocycles. The molecule has 2 amide bonds. The zero-order valence-electron chi connectivity index (χ0n) is 12.5. The van der Waals surface area contributed by atoms with Gasteiger partial charge in [-0.15, -0.1) is 0 Å². The Labute approximate surface area is 124 Å². The minimum atomic E-state index is -0.571. The number of para-hydroxylation sites is 2. The van der Waals surface area contributed by atoms with Gasteiger partial charge >= 0.3 is 0 Å². The maximum absolute atomic E-state index is 12.4. The van der Waals surface area contributed by atoms with E-state index in [1.165, 1.54) is 7.11 Å². The van der Waals surface area contributed by atoms with E-state index in [9.17, 15) is 9.59 Å². The van der Waals surface area contributed by atoms with Crippen molar-refractivity contribution in [2.75, 3.05) is 25.7 Å². The summed E-state index contributed by atoms with van der Waals surface area (Å²) in [6, 6.07) is 6.83. The Kier molecular flexibility index (Phi) is 4.80. The van der Waals surface area contributed by atoms with E-state index in [0.717, 1.165) is 5.69 Å². The number of hydrogen-bond acceptors (Lipinski definition) is 4. The van der Waals surface area contributed by atoms with Gasteiger partial charge in [-0.05, 0) is 25.5 Å². The molecule has 6 nitrogen and oxygen atoms in total. The number of hydrogen-bond donors (Lipinski definition) is 1. The molecule has 0 radical (unpaired) electrons. The summed E-state index contributed by atoms with van der Waals surface area (Å²) in [6.45, 7) is 2.19. The van der Waals surface area contributed by atoms with E-state index in [1.54, 1.807) is 18.9 Å². The van der Waals surface area contributed by atoms with Crippen LogP contribution in [0.15, 0.2) is 24.3 Å². The van der Waals surface area contributed by atoms with Crippen LogP contribution in [0.3, 0.4) is 0 Å². The van der Waals surface area contributed by atoms with Crippen molar-refractivity contribution >= 4 is 17.5 Å². The Hall–Kier alpha value is -2.08. The van der Waals surface area contributed by atoms with Crippen molar-refractivity contribution in [2.24, 2.45) is 0 Å². The lowest BCUT2D eigenvalue weighted by Crippen LogP contribution is -2.45. The van der Waals surface area contributed by atoms with E-state index in [-0.39, 0.29) is 11.8 Å². The molecule has 0 spiro atoms. The van der Waals surface area contributed by atoms with Gasteiger partial charge in [0.25, 0.3) is 0 Å². The molecule has 0 saturated carbocycles. The Balaban J connectivity index is 2.10. The summed E-state index contributed by atoms with van der Waals surface area (Å²) in [7, 11) is 3.03. The molecule has 2 rings (SSSR count). The van der Waals surface area contributed by atoms with Gasteiger partial charge in [-0.1, -0.05) is 12.1 Å². The Morgan fingerprint density at radius 2 is 2.10 bits per heavy atom. The maximum atomic E-state index is 12.4. The van der Waals surface area contributed by atoms with Crippen molar-refractivity contribution in [3.63, 3.8) is 0 Å². The molecule has 21 heavy (non-hydrogen) atoms. The number of nitrogens with one attached hydrogen (secondary N) is 1. The van der Waals surface area contributed by atoms with Crippen LogP contribution >= 0.6 is 0 Å². The average Bonchev–Trinajstić information content (AvgIpc) is 2.87. The van der Waals surface area contributed by atoms with Crippen LogP contribution < -0.4 is 15.0 Å². The summed E-state index contributed by atoms with van der Waals surface area (Å²) in [5.41, 5.74) is 0.724. The second-order valence-corrected chi connectivity index (χ2v) is 4.89. The van der Waals surface area contributed by atoms with Crippen molar-refractivity contribution in [2.45, 2.75) is 25.5 Å². The van der Waals surface area contributed by atoms with Crippen LogP contribution in [0.5, 0.6) is 5.75 Å². The lowest BCUT2D eigenvalue weighted by Gasteiger charge is -2.20. The number of methoxy groups -OCH3 is 2. The van der Waals surface area contributed by atoms with Gasteiger partial charge in [-0.2, -0.15) is 0 Å². The van der Waals surface area contributed by atoms with Crippen LogP contribution in [0, 0.1) is 0 Å². The first-order valence-corrected chi connectivity index (χ1v) is 6.86. The Morgan fingerprint density at radius 3 is 2.76 bits per heavy atom. The molecule has 0 aliphatic carbocycles. The van der Waals surface area contributed by atoms with Crippen molar-refractivity contribution in [3.05, 3.63) is 24.3 Å². The number of amides is 2. The SMILES string of the molecule is COc1ccccc1N1CCC(NC(=O)C(C)OC)C1=O. The van der Waals surface area contributed by atoms with E-state index in [1.807, 2.05) is 24.3 Å². The molecule has 1 N–H and O–H groups in total. The zero-order valence-corrected chi connectivity index (χ0v) is 12.5. The third-order valence-electron chi connectivity index (χ3n) is 3.62. The first-order valence-electron chi connectivity index (χ1n) is 6.86. The van der Waals surface area contributed by atoms with Crippen molar-refractivity contribution in [1.29, 1.82) is 0 Å². The Morgan fingerprint density at radius 1 is 1.38 bits per heavy atom. The van der Waals surface area contributed by atoms with Crippen LogP contribution in [-0.4, -0.2) is 44.7 Å². The summed E-state index contributed by atoms with van der Waals surface area (Å²) < 4.78 is 10.2. The summed E-state index contributed by atoms with van der Waals surface area (Å²) in [4.78, 5) is 25.9. The van der Waals surface area contributed by atoms with Crippen molar-refractivity contribution in [1.82, 2.24) is 5.32 Å². The first-order chi connectivity index (χ1) is 10.1. The fourth-order valence-corrected chi connectivity index (χ4v) is 2.30. The molecule has 6 heteroatoms.